The first-order valence-electron chi connectivity index (χ1n) is 7.56. The lowest BCUT2D eigenvalue weighted by Crippen LogP contribution is -2.13. The standard InChI is InChI=1S/C19H10Cl2FN3OS/c20-13-3-6-17(16(21)8-13)25-18(26)12(9-23)7-15-10-27-19(24-15)11-1-4-14(22)5-2-11/h1-8,10H,(H,25,26)/b12-7+. The summed E-state index contributed by atoms with van der Waals surface area (Å²) in [5.41, 5.74) is 1.42. The van der Waals surface area contributed by atoms with Crippen molar-refractivity contribution in [3.8, 4) is 16.6 Å². The SMILES string of the molecule is N#C/C(=C\c1csc(-c2ccc(F)cc2)n1)C(=O)Nc1ccc(Cl)cc1Cl. The predicted molar refractivity (Wildman–Crippen MR) is 106 cm³/mol. The molecule has 0 saturated carbocycles. The molecule has 0 fully saturated rings. The number of anilines is 1. The van der Waals surface area contributed by atoms with Gasteiger partial charge >= 0.3 is 0 Å². The Morgan fingerprint density at radius 2 is 1.96 bits per heavy atom. The molecular formula is C19H10Cl2FN3OS. The van der Waals surface area contributed by atoms with Crippen molar-refractivity contribution in [1.82, 2.24) is 4.98 Å². The second kappa shape index (κ2) is 8.31. The van der Waals surface area contributed by atoms with Gasteiger partial charge in [-0.1, -0.05) is 23.2 Å². The van der Waals surface area contributed by atoms with E-state index in [-0.39, 0.29) is 16.4 Å². The molecule has 0 aliphatic heterocycles. The minimum Gasteiger partial charge on any atom is -0.320 e. The van der Waals surface area contributed by atoms with Crippen LogP contribution in [0.2, 0.25) is 10.0 Å². The monoisotopic (exact) mass is 417 g/mol. The lowest BCUT2D eigenvalue weighted by atomic mass is 10.2. The molecule has 1 amide bonds. The van der Waals surface area contributed by atoms with Crippen LogP contribution in [0.25, 0.3) is 16.6 Å². The van der Waals surface area contributed by atoms with Gasteiger partial charge in [-0.3, -0.25) is 4.79 Å². The molecule has 0 bridgehead atoms. The van der Waals surface area contributed by atoms with Crippen LogP contribution in [0, 0.1) is 17.1 Å². The highest BCUT2D eigenvalue weighted by atomic mass is 35.5. The zero-order valence-corrected chi connectivity index (χ0v) is 15.9. The van der Waals surface area contributed by atoms with Crippen LogP contribution in [0.5, 0.6) is 0 Å². The Balaban J connectivity index is 1.81. The van der Waals surface area contributed by atoms with Gasteiger partial charge in [0.1, 0.15) is 22.5 Å². The average Bonchev–Trinajstić information content (AvgIpc) is 3.11. The molecule has 0 saturated heterocycles. The third-order valence-electron chi connectivity index (χ3n) is 3.45. The topological polar surface area (TPSA) is 65.8 Å². The van der Waals surface area contributed by atoms with E-state index in [2.05, 4.69) is 10.3 Å². The first-order chi connectivity index (χ1) is 13.0. The number of nitriles is 1. The molecular weight excluding hydrogens is 408 g/mol. The number of amides is 1. The van der Waals surface area contributed by atoms with Crippen LogP contribution in [-0.4, -0.2) is 10.9 Å². The van der Waals surface area contributed by atoms with Crippen molar-refractivity contribution in [1.29, 1.82) is 5.26 Å². The molecule has 27 heavy (non-hydrogen) atoms. The molecule has 4 nitrogen and oxygen atoms in total. The molecule has 1 heterocycles. The third-order valence-corrected chi connectivity index (χ3v) is 4.91. The fourth-order valence-electron chi connectivity index (χ4n) is 2.15. The predicted octanol–water partition coefficient (Wildman–Crippen LogP) is 5.80. The van der Waals surface area contributed by atoms with Gasteiger partial charge in [-0.05, 0) is 48.5 Å². The summed E-state index contributed by atoms with van der Waals surface area (Å²) in [6.45, 7) is 0. The summed E-state index contributed by atoms with van der Waals surface area (Å²) in [7, 11) is 0. The maximum atomic E-state index is 13.0. The van der Waals surface area contributed by atoms with Crippen LogP contribution in [-0.2, 0) is 4.79 Å². The summed E-state index contributed by atoms with van der Waals surface area (Å²) in [5.74, 6) is -0.947. The van der Waals surface area contributed by atoms with Crippen LogP contribution in [0.3, 0.4) is 0 Å². The Kier molecular flexibility index (Phi) is 5.87. The van der Waals surface area contributed by atoms with E-state index in [1.807, 2.05) is 6.07 Å². The van der Waals surface area contributed by atoms with E-state index < -0.39 is 5.91 Å². The summed E-state index contributed by atoms with van der Waals surface area (Å²) in [6, 6.07) is 12.4. The second-order valence-electron chi connectivity index (χ2n) is 5.33. The number of carbonyl (C=O) groups excluding carboxylic acids is 1. The highest BCUT2D eigenvalue weighted by Gasteiger charge is 2.13. The van der Waals surface area contributed by atoms with Gasteiger partial charge in [0, 0.05) is 16.0 Å². The van der Waals surface area contributed by atoms with Crippen molar-refractivity contribution >= 4 is 52.2 Å². The second-order valence-corrected chi connectivity index (χ2v) is 7.03. The lowest BCUT2D eigenvalue weighted by Gasteiger charge is -2.06. The minimum absolute atomic E-state index is 0.128. The van der Waals surface area contributed by atoms with Crippen molar-refractivity contribution < 1.29 is 9.18 Å². The van der Waals surface area contributed by atoms with Crippen LogP contribution in [0.15, 0.2) is 53.4 Å². The van der Waals surface area contributed by atoms with E-state index >= 15 is 0 Å². The van der Waals surface area contributed by atoms with Gasteiger partial charge in [0.05, 0.1) is 16.4 Å². The molecule has 1 N–H and O–H groups in total. The Labute approximate surface area is 168 Å². The minimum atomic E-state index is -0.613. The van der Waals surface area contributed by atoms with Gasteiger partial charge in [0.25, 0.3) is 5.91 Å². The molecule has 3 rings (SSSR count). The van der Waals surface area contributed by atoms with Crippen LogP contribution < -0.4 is 5.32 Å². The number of halogens is 3. The number of benzene rings is 2. The number of carbonyl (C=O) groups is 1. The third kappa shape index (κ3) is 4.72. The van der Waals surface area contributed by atoms with Gasteiger partial charge in [0.15, 0.2) is 0 Å². The number of rotatable bonds is 4. The van der Waals surface area contributed by atoms with Crippen LogP contribution in [0.4, 0.5) is 10.1 Å². The number of thiazole rings is 1. The van der Waals surface area contributed by atoms with Crippen molar-refractivity contribution in [2.45, 2.75) is 0 Å². The Bertz CT molecular complexity index is 1070. The number of hydrogen-bond acceptors (Lipinski definition) is 4. The zero-order valence-electron chi connectivity index (χ0n) is 13.5. The fraction of sp³-hybridized carbons (Fsp3) is 0. The summed E-state index contributed by atoms with van der Waals surface area (Å²) < 4.78 is 13.0. The molecule has 0 aliphatic rings. The van der Waals surface area contributed by atoms with Crippen LogP contribution in [0.1, 0.15) is 5.69 Å². The van der Waals surface area contributed by atoms with Gasteiger partial charge in [-0.15, -0.1) is 11.3 Å². The maximum absolute atomic E-state index is 13.0. The summed E-state index contributed by atoms with van der Waals surface area (Å²) in [6.07, 6.45) is 1.38. The van der Waals surface area contributed by atoms with Gasteiger partial charge in [-0.2, -0.15) is 5.26 Å². The van der Waals surface area contributed by atoms with E-state index in [9.17, 15) is 14.4 Å². The fourth-order valence-corrected chi connectivity index (χ4v) is 3.39. The Hall–Kier alpha value is -2.72. The lowest BCUT2D eigenvalue weighted by molar-refractivity contribution is -0.112. The molecule has 0 spiro atoms. The van der Waals surface area contributed by atoms with E-state index in [4.69, 9.17) is 23.2 Å². The summed E-state index contributed by atoms with van der Waals surface area (Å²) in [5, 5.41) is 14.9. The van der Waals surface area contributed by atoms with E-state index in [1.165, 1.54) is 35.6 Å². The first kappa shape index (κ1) is 19.1. The number of nitrogens with zero attached hydrogens (tertiary/aromatic N) is 2. The van der Waals surface area contributed by atoms with Crippen molar-refractivity contribution in [2.24, 2.45) is 0 Å². The quantitative estimate of drug-likeness (QED) is 0.430. The first-order valence-corrected chi connectivity index (χ1v) is 9.19. The molecule has 0 atom stereocenters. The smallest absolute Gasteiger partial charge is 0.266 e. The number of hydrogen-bond donors (Lipinski definition) is 1. The van der Waals surface area contributed by atoms with Gasteiger partial charge in [0.2, 0.25) is 0 Å². The summed E-state index contributed by atoms with van der Waals surface area (Å²) in [4.78, 5) is 16.7. The van der Waals surface area contributed by atoms with Gasteiger partial charge < -0.3 is 5.32 Å². The van der Waals surface area contributed by atoms with E-state index in [0.29, 0.717) is 21.4 Å². The Morgan fingerprint density at radius 1 is 1.22 bits per heavy atom. The summed E-state index contributed by atoms with van der Waals surface area (Å²) >= 11 is 13.2. The molecule has 8 heteroatoms. The highest BCUT2D eigenvalue weighted by Crippen LogP contribution is 2.27. The molecule has 1 aromatic heterocycles. The highest BCUT2D eigenvalue weighted by molar-refractivity contribution is 7.13. The molecule has 2 aromatic carbocycles. The molecule has 0 radical (unpaired) electrons. The zero-order chi connectivity index (χ0) is 19.4. The van der Waals surface area contributed by atoms with Crippen LogP contribution >= 0.6 is 34.5 Å². The largest absolute Gasteiger partial charge is 0.320 e. The molecule has 0 unspecified atom stereocenters. The van der Waals surface area contributed by atoms with E-state index in [0.717, 1.165) is 5.56 Å². The average molecular weight is 418 g/mol. The van der Waals surface area contributed by atoms with Crippen molar-refractivity contribution in [3.05, 3.63) is 75.0 Å². The maximum Gasteiger partial charge on any atom is 0.266 e. The molecule has 134 valence electrons. The van der Waals surface area contributed by atoms with Crippen molar-refractivity contribution in [2.75, 3.05) is 5.32 Å². The van der Waals surface area contributed by atoms with Crippen molar-refractivity contribution in [3.63, 3.8) is 0 Å². The normalized spacial score (nSPS) is 11.1. The van der Waals surface area contributed by atoms with E-state index in [1.54, 1.807) is 29.6 Å². The Morgan fingerprint density at radius 3 is 2.63 bits per heavy atom. The van der Waals surface area contributed by atoms with Gasteiger partial charge in [-0.25, -0.2) is 9.37 Å². The molecule has 0 aliphatic carbocycles. The molecule has 3 aromatic rings. The number of nitrogens with one attached hydrogen (secondary N) is 1. The number of aromatic nitrogens is 1.